The van der Waals surface area contributed by atoms with Crippen molar-refractivity contribution in [3.8, 4) is 16.9 Å². The van der Waals surface area contributed by atoms with Crippen LogP contribution in [0.25, 0.3) is 11.1 Å². The molecule has 2 aliphatic rings. The van der Waals surface area contributed by atoms with Gasteiger partial charge in [0.25, 0.3) is 0 Å². The Bertz CT molecular complexity index is 875. The van der Waals surface area contributed by atoms with Crippen molar-refractivity contribution in [2.45, 2.75) is 37.6 Å². The number of benzene rings is 2. The van der Waals surface area contributed by atoms with Gasteiger partial charge in [0.2, 0.25) is 5.91 Å². The van der Waals surface area contributed by atoms with Crippen LogP contribution in [0.15, 0.2) is 42.5 Å². The van der Waals surface area contributed by atoms with E-state index in [1.807, 2.05) is 6.07 Å². The standard InChI is InChI=1S/C21H20F3NO3/c22-21(23,24)17-8-2-1-6-15(17)16-7-3-5-13-11-14(28-19(13)16)12-25-20(26)18-9-4-10-27-18/h1-3,5-8,14,18H,4,9-12H2,(H,25,26)/t14-,18-/m0/s1. The number of ether oxygens (including phenoxy) is 2. The third kappa shape index (κ3) is 3.71. The van der Waals surface area contributed by atoms with Gasteiger partial charge in [-0.05, 0) is 30.0 Å². The average molecular weight is 391 g/mol. The molecule has 0 unspecified atom stereocenters. The molecule has 2 aromatic rings. The number of rotatable bonds is 4. The Balaban J connectivity index is 1.53. The Morgan fingerprint density at radius 2 is 1.89 bits per heavy atom. The van der Waals surface area contributed by atoms with Gasteiger partial charge < -0.3 is 14.8 Å². The normalized spacial score (nSPS) is 21.2. The second kappa shape index (κ2) is 7.47. The van der Waals surface area contributed by atoms with Crippen LogP contribution in [0.4, 0.5) is 13.2 Å². The molecule has 0 aromatic heterocycles. The Hall–Kier alpha value is -2.54. The zero-order chi connectivity index (χ0) is 19.7. The lowest BCUT2D eigenvalue weighted by Crippen LogP contribution is -2.40. The minimum Gasteiger partial charge on any atom is -0.487 e. The van der Waals surface area contributed by atoms with Crippen LogP contribution in [0.5, 0.6) is 5.75 Å². The van der Waals surface area contributed by atoms with Crippen molar-refractivity contribution in [3.63, 3.8) is 0 Å². The van der Waals surface area contributed by atoms with Crippen LogP contribution in [0, 0.1) is 0 Å². The van der Waals surface area contributed by atoms with E-state index in [-0.39, 0.29) is 24.1 Å². The number of carbonyl (C=O) groups is 1. The molecule has 2 atom stereocenters. The summed E-state index contributed by atoms with van der Waals surface area (Å²) in [7, 11) is 0. The highest BCUT2D eigenvalue weighted by Crippen LogP contribution is 2.43. The third-order valence-corrected chi connectivity index (χ3v) is 5.08. The van der Waals surface area contributed by atoms with Gasteiger partial charge in [-0.15, -0.1) is 0 Å². The highest BCUT2D eigenvalue weighted by atomic mass is 19.4. The quantitative estimate of drug-likeness (QED) is 0.858. The fraction of sp³-hybridized carbons (Fsp3) is 0.381. The maximum Gasteiger partial charge on any atom is 0.417 e. The zero-order valence-electron chi connectivity index (χ0n) is 15.1. The predicted octanol–water partition coefficient (Wildman–Crippen LogP) is 3.97. The summed E-state index contributed by atoms with van der Waals surface area (Å²) >= 11 is 0. The lowest BCUT2D eigenvalue weighted by Gasteiger charge is -2.17. The van der Waals surface area contributed by atoms with E-state index in [2.05, 4.69) is 5.32 Å². The van der Waals surface area contributed by atoms with E-state index in [1.54, 1.807) is 18.2 Å². The van der Waals surface area contributed by atoms with Crippen molar-refractivity contribution in [1.82, 2.24) is 5.32 Å². The predicted molar refractivity (Wildman–Crippen MR) is 97.0 cm³/mol. The molecule has 7 heteroatoms. The van der Waals surface area contributed by atoms with Gasteiger partial charge in [-0.3, -0.25) is 4.79 Å². The van der Waals surface area contributed by atoms with E-state index in [0.717, 1.165) is 18.1 Å². The first kappa shape index (κ1) is 18.8. The van der Waals surface area contributed by atoms with Gasteiger partial charge in [-0.25, -0.2) is 0 Å². The summed E-state index contributed by atoms with van der Waals surface area (Å²) in [5.41, 5.74) is 0.655. The van der Waals surface area contributed by atoms with Gasteiger partial charge in [0.15, 0.2) is 0 Å². The highest BCUT2D eigenvalue weighted by molar-refractivity contribution is 5.81. The minimum atomic E-state index is -4.45. The molecule has 2 heterocycles. The van der Waals surface area contributed by atoms with Crippen molar-refractivity contribution in [2.75, 3.05) is 13.2 Å². The molecule has 0 spiro atoms. The van der Waals surface area contributed by atoms with Crippen LogP contribution in [0.2, 0.25) is 0 Å². The van der Waals surface area contributed by atoms with Gasteiger partial charge in [0.05, 0.1) is 12.1 Å². The molecule has 4 rings (SSSR count). The van der Waals surface area contributed by atoms with Crippen LogP contribution >= 0.6 is 0 Å². The van der Waals surface area contributed by atoms with Crippen LogP contribution in [-0.4, -0.2) is 31.3 Å². The number of alkyl halides is 3. The summed E-state index contributed by atoms with van der Waals surface area (Å²) < 4.78 is 51.6. The Morgan fingerprint density at radius 1 is 1.11 bits per heavy atom. The third-order valence-electron chi connectivity index (χ3n) is 5.08. The van der Waals surface area contributed by atoms with E-state index in [4.69, 9.17) is 9.47 Å². The first-order chi connectivity index (χ1) is 13.4. The summed E-state index contributed by atoms with van der Waals surface area (Å²) in [5.74, 6) is 0.287. The molecule has 4 nitrogen and oxygen atoms in total. The van der Waals surface area contributed by atoms with Crippen molar-refractivity contribution < 1.29 is 27.4 Å². The number of fused-ring (bicyclic) bond motifs is 1. The molecule has 28 heavy (non-hydrogen) atoms. The van der Waals surface area contributed by atoms with Crippen LogP contribution < -0.4 is 10.1 Å². The topological polar surface area (TPSA) is 47.6 Å². The molecule has 1 fully saturated rings. The molecule has 0 saturated carbocycles. The van der Waals surface area contributed by atoms with Gasteiger partial charge >= 0.3 is 6.18 Å². The minimum absolute atomic E-state index is 0.0934. The summed E-state index contributed by atoms with van der Waals surface area (Å²) in [6.45, 7) is 0.874. The zero-order valence-corrected chi connectivity index (χ0v) is 15.1. The van der Waals surface area contributed by atoms with Gasteiger partial charge in [0.1, 0.15) is 18.0 Å². The number of hydrogen-bond acceptors (Lipinski definition) is 3. The highest BCUT2D eigenvalue weighted by Gasteiger charge is 2.35. The summed E-state index contributed by atoms with van der Waals surface area (Å²) in [6.07, 6.45) is -3.09. The molecule has 2 aliphatic heterocycles. The average Bonchev–Trinajstić information content (AvgIpc) is 3.34. The molecule has 1 saturated heterocycles. The maximum atomic E-state index is 13.4. The molecular formula is C21H20F3NO3. The van der Waals surface area contributed by atoms with Gasteiger partial charge in [-0.1, -0.05) is 36.4 Å². The lowest BCUT2D eigenvalue weighted by molar-refractivity contribution is -0.137. The number of amides is 1. The Labute approximate surface area is 160 Å². The number of carbonyl (C=O) groups excluding carboxylic acids is 1. The first-order valence-corrected chi connectivity index (χ1v) is 9.28. The summed E-state index contributed by atoms with van der Waals surface area (Å²) in [5, 5.41) is 2.83. The van der Waals surface area contributed by atoms with Gasteiger partial charge in [-0.2, -0.15) is 13.2 Å². The maximum absolute atomic E-state index is 13.4. The molecule has 0 radical (unpaired) electrons. The molecular weight excluding hydrogens is 371 g/mol. The SMILES string of the molecule is O=C(NC[C@@H]1Cc2cccc(-c3ccccc3C(F)(F)F)c2O1)[C@@H]1CCCO1. The van der Waals surface area contributed by atoms with Gasteiger partial charge in [0, 0.05) is 18.6 Å². The van der Waals surface area contributed by atoms with Crippen molar-refractivity contribution in [2.24, 2.45) is 0 Å². The van der Waals surface area contributed by atoms with E-state index in [9.17, 15) is 18.0 Å². The fourth-order valence-electron chi connectivity index (χ4n) is 3.74. The van der Waals surface area contributed by atoms with Crippen LogP contribution in [0.3, 0.4) is 0 Å². The number of halogens is 3. The van der Waals surface area contributed by atoms with E-state index in [1.165, 1.54) is 12.1 Å². The molecule has 0 aliphatic carbocycles. The molecule has 0 bridgehead atoms. The lowest BCUT2D eigenvalue weighted by atomic mass is 9.96. The largest absolute Gasteiger partial charge is 0.487 e. The van der Waals surface area contributed by atoms with E-state index >= 15 is 0 Å². The Morgan fingerprint density at radius 3 is 2.64 bits per heavy atom. The number of para-hydroxylation sites is 1. The molecule has 1 N–H and O–H groups in total. The summed E-state index contributed by atoms with van der Waals surface area (Å²) in [6, 6.07) is 10.7. The van der Waals surface area contributed by atoms with E-state index in [0.29, 0.717) is 30.8 Å². The van der Waals surface area contributed by atoms with Crippen molar-refractivity contribution >= 4 is 5.91 Å². The Kier molecular flexibility index (Phi) is 5.02. The molecule has 2 aromatic carbocycles. The fourth-order valence-corrected chi connectivity index (χ4v) is 3.74. The molecule has 1 amide bonds. The van der Waals surface area contributed by atoms with Crippen molar-refractivity contribution in [1.29, 1.82) is 0 Å². The van der Waals surface area contributed by atoms with E-state index < -0.39 is 17.8 Å². The number of hydrogen-bond donors (Lipinski definition) is 1. The second-order valence-electron chi connectivity index (χ2n) is 7.03. The second-order valence-corrected chi connectivity index (χ2v) is 7.03. The first-order valence-electron chi connectivity index (χ1n) is 9.28. The molecule has 148 valence electrons. The monoisotopic (exact) mass is 391 g/mol. The van der Waals surface area contributed by atoms with Crippen LogP contribution in [-0.2, 0) is 22.1 Å². The summed E-state index contributed by atoms with van der Waals surface area (Å²) in [4.78, 5) is 12.1. The van der Waals surface area contributed by atoms with Crippen molar-refractivity contribution in [3.05, 3.63) is 53.6 Å². The number of nitrogens with one attached hydrogen (secondary N) is 1. The smallest absolute Gasteiger partial charge is 0.417 e. The van der Waals surface area contributed by atoms with Crippen LogP contribution in [0.1, 0.15) is 24.0 Å².